The van der Waals surface area contributed by atoms with Crippen LogP contribution in [0.3, 0.4) is 0 Å². The van der Waals surface area contributed by atoms with E-state index in [-0.39, 0.29) is 5.56 Å². The molecule has 1 aromatic carbocycles. The average molecular weight is 494 g/mol. The molecule has 3 heterocycles. The summed E-state index contributed by atoms with van der Waals surface area (Å²) in [7, 11) is 1.63. The van der Waals surface area contributed by atoms with Gasteiger partial charge in [0.25, 0.3) is 5.56 Å². The van der Waals surface area contributed by atoms with Crippen molar-refractivity contribution in [3.05, 3.63) is 60.9 Å². The minimum Gasteiger partial charge on any atom is -0.383 e. The van der Waals surface area contributed by atoms with Crippen LogP contribution in [0.1, 0.15) is 5.69 Å². The summed E-state index contributed by atoms with van der Waals surface area (Å²) in [4.78, 5) is 22.4. The van der Waals surface area contributed by atoms with Gasteiger partial charge in [-0.2, -0.15) is 11.3 Å². The molecule has 0 bridgehead atoms. The quantitative estimate of drug-likeness (QED) is 0.258. The first-order chi connectivity index (χ1) is 13.7. The van der Waals surface area contributed by atoms with E-state index < -0.39 is 0 Å². The maximum atomic E-state index is 13.0. The number of hydrogen-bond acceptors (Lipinski definition) is 7. The van der Waals surface area contributed by atoms with Crippen molar-refractivity contribution in [1.82, 2.24) is 14.5 Å². The van der Waals surface area contributed by atoms with Crippen LogP contribution in [0.15, 0.2) is 54.8 Å². The Bertz CT molecular complexity index is 1160. The van der Waals surface area contributed by atoms with Crippen molar-refractivity contribution in [2.24, 2.45) is 0 Å². The van der Waals surface area contributed by atoms with E-state index >= 15 is 0 Å². The lowest BCUT2D eigenvalue weighted by Crippen LogP contribution is -2.25. The summed E-state index contributed by atoms with van der Waals surface area (Å²) in [5.74, 6) is 0.655. The molecule has 0 saturated heterocycles. The molecule has 0 radical (unpaired) electrons. The van der Waals surface area contributed by atoms with E-state index in [0.717, 1.165) is 20.7 Å². The van der Waals surface area contributed by atoms with Crippen LogP contribution in [0.4, 0.5) is 0 Å². The van der Waals surface area contributed by atoms with Crippen LogP contribution in [0.5, 0.6) is 0 Å². The van der Waals surface area contributed by atoms with Gasteiger partial charge in [-0.25, -0.2) is 9.97 Å². The zero-order valence-electron chi connectivity index (χ0n) is 14.9. The molecule has 28 heavy (non-hydrogen) atoms. The molecule has 0 atom stereocenters. The van der Waals surface area contributed by atoms with Crippen LogP contribution in [0.2, 0.25) is 0 Å². The van der Waals surface area contributed by atoms with Crippen LogP contribution in [-0.4, -0.2) is 28.3 Å². The Morgan fingerprint density at radius 3 is 2.93 bits per heavy atom. The van der Waals surface area contributed by atoms with Crippen molar-refractivity contribution in [3.63, 3.8) is 0 Å². The van der Waals surface area contributed by atoms with Gasteiger partial charge in [-0.15, -0.1) is 11.3 Å². The number of hydrogen-bond donors (Lipinski definition) is 0. The first-order valence-corrected chi connectivity index (χ1v) is 12.0. The molecule has 144 valence electrons. The number of rotatable bonds is 7. The lowest BCUT2D eigenvalue weighted by atomic mass is 10.2. The summed E-state index contributed by atoms with van der Waals surface area (Å²) in [5.41, 5.74) is 2.78. The molecule has 0 fully saturated rings. The monoisotopic (exact) mass is 493 g/mol. The molecule has 4 rings (SSSR count). The summed E-state index contributed by atoms with van der Waals surface area (Å²) in [5, 5.41) is 8.52. The van der Waals surface area contributed by atoms with Crippen LogP contribution in [0, 0.1) is 0 Å². The number of aromatic nitrogens is 3. The lowest BCUT2D eigenvalue weighted by Gasteiger charge is -2.12. The number of nitrogens with zero attached hydrogens (tertiary/aromatic N) is 3. The van der Waals surface area contributed by atoms with Gasteiger partial charge >= 0.3 is 0 Å². The first kappa shape index (κ1) is 19.8. The summed E-state index contributed by atoms with van der Waals surface area (Å²) in [6.07, 6.45) is 0. The fourth-order valence-electron chi connectivity index (χ4n) is 2.69. The maximum absolute atomic E-state index is 13.0. The Kier molecular flexibility index (Phi) is 6.27. The molecule has 5 nitrogen and oxygen atoms in total. The molecule has 4 aromatic rings. The molecule has 0 unspecified atom stereocenters. The van der Waals surface area contributed by atoms with Crippen molar-refractivity contribution in [2.75, 3.05) is 13.7 Å². The van der Waals surface area contributed by atoms with Crippen molar-refractivity contribution in [3.8, 4) is 10.6 Å². The van der Waals surface area contributed by atoms with Gasteiger partial charge in [0.15, 0.2) is 5.16 Å². The number of thiazole rings is 1. The van der Waals surface area contributed by atoms with E-state index in [1.54, 1.807) is 34.4 Å². The summed E-state index contributed by atoms with van der Waals surface area (Å²) in [6.45, 7) is 0.915. The number of thiophene rings is 1. The minimum atomic E-state index is -0.0527. The zero-order chi connectivity index (χ0) is 19.5. The normalized spacial score (nSPS) is 11.4. The van der Waals surface area contributed by atoms with E-state index in [2.05, 4.69) is 38.1 Å². The molecule has 0 N–H and O–H groups in total. The van der Waals surface area contributed by atoms with Gasteiger partial charge in [-0.05, 0) is 29.6 Å². The Morgan fingerprint density at radius 2 is 2.14 bits per heavy atom. The number of fused-ring (bicyclic) bond motifs is 1. The predicted molar refractivity (Wildman–Crippen MR) is 121 cm³/mol. The number of thioether (sulfide) groups is 1. The lowest BCUT2D eigenvalue weighted by molar-refractivity contribution is 0.183. The fourth-order valence-corrected chi connectivity index (χ4v) is 5.61. The highest BCUT2D eigenvalue weighted by Gasteiger charge is 2.13. The average Bonchev–Trinajstić information content (AvgIpc) is 3.38. The Labute approximate surface area is 182 Å². The topological polar surface area (TPSA) is 57.0 Å². The van der Waals surface area contributed by atoms with E-state index in [4.69, 9.17) is 14.7 Å². The first-order valence-electron chi connectivity index (χ1n) is 8.44. The second-order valence-corrected chi connectivity index (χ2v) is 9.45. The molecule has 9 heteroatoms. The SMILES string of the molecule is COCCn1c(SCc2csc(-c3ccsc3)n2)nc2ccc(Br)cc2c1=O. The highest BCUT2D eigenvalue weighted by Crippen LogP contribution is 2.29. The van der Waals surface area contributed by atoms with E-state index in [0.29, 0.717) is 35.0 Å². The summed E-state index contributed by atoms with van der Waals surface area (Å²) >= 11 is 8.26. The largest absolute Gasteiger partial charge is 0.383 e. The minimum absolute atomic E-state index is 0.0527. The maximum Gasteiger partial charge on any atom is 0.262 e. The van der Waals surface area contributed by atoms with Gasteiger partial charge in [0.05, 0.1) is 29.7 Å². The van der Waals surface area contributed by atoms with Crippen molar-refractivity contribution < 1.29 is 4.74 Å². The standard InChI is InChI=1S/C19H16BrN3O2S3/c1-25-6-5-23-18(24)15-8-13(20)2-3-16(15)22-19(23)28-11-14-10-27-17(21-14)12-4-7-26-9-12/h2-4,7-10H,5-6,11H2,1H3. The number of methoxy groups -OCH3 is 1. The Morgan fingerprint density at radius 1 is 1.25 bits per heavy atom. The summed E-state index contributed by atoms with van der Waals surface area (Å²) in [6, 6.07) is 7.65. The third kappa shape index (κ3) is 4.23. The van der Waals surface area contributed by atoms with Gasteiger partial charge in [0, 0.05) is 33.7 Å². The molecular formula is C19H16BrN3O2S3. The predicted octanol–water partition coefficient (Wildman–Crippen LogP) is 5.28. The van der Waals surface area contributed by atoms with Crippen LogP contribution in [0.25, 0.3) is 21.5 Å². The molecule has 0 amide bonds. The summed E-state index contributed by atoms with van der Waals surface area (Å²) < 4.78 is 7.73. The molecule has 0 aliphatic heterocycles. The van der Waals surface area contributed by atoms with E-state index in [1.165, 1.54) is 11.8 Å². The van der Waals surface area contributed by atoms with Gasteiger partial charge in [0.2, 0.25) is 0 Å². The van der Waals surface area contributed by atoms with Gasteiger partial charge in [-0.3, -0.25) is 9.36 Å². The zero-order valence-corrected chi connectivity index (χ0v) is 19.0. The van der Waals surface area contributed by atoms with Crippen molar-refractivity contribution in [2.45, 2.75) is 17.5 Å². The molecule has 0 aliphatic carbocycles. The molecule has 0 aliphatic rings. The second kappa shape index (κ2) is 8.87. The number of benzene rings is 1. The smallest absolute Gasteiger partial charge is 0.262 e. The van der Waals surface area contributed by atoms with Crippen LogP contribution in [-0.2, 0) is 17.0 Å². The highest BCUT2D eigenvalue weighted by molar-refractivity contribution is 9.10. The van der Waals surface area contributed by atoms with Gasteiger partial charge in [0.1, 0.15) is 5.01 Å². The van der Waals surface area contributed by atoms with Gasteiger partial charge in [-0.1, -0.05) is 27.7 Å². The number of ether oxygens (including phenoxy) is 1. The van der Waals surface area contributed by atoms with Crippen LogP contribution >= 0.6 is 50.4 Å². The Hall–Kier alpha value is -1.52. The second-order valence-electron chi connectivity index (χ2n) is 5.95. The fraction of sp³-hybridized carbons (Fsp3) is 0.211. The third-order valence-corrected chi connectivity index (χ3v) is 7.20. The Balaban J connectivity index is 1.63. The number of halogens is 1. The van der Waals surface area contributed by atoms with E-state index in [9.17, 15) is 4.79 Å². The van der Waals surface area contributed by atoms with Gasteiger partial charge < -0.3 is 4.74 Å². The van der Waals surface area contributed by atoms with Crippen molar-refractivity contribution in [1.29, 1.82) is 0 Å². The third-order valence-electron chi connectivity index (χ3n) is 4.07. The molecule has 0 saturated carbocycles. The molecule has 0 spiro atoms. The van der Waals surface area contributed by atoms with E-state index in [1.807, 2.05) is 18.2 Å². The molecular weight excluding hydrogens is 478 g/mol. The highest BCUT2D eigenvalue weighted by atomic mass is 79.9. The molecule has 3 aromatic heterocycles. The van der Waals surface area contributed by atoms with Crippen molar-refractivity contribution >= 4 is 61.3 Å². The van der Waals surface area contributed by atoms with Crippen LogP contribution < -0.4 is 5.56 Å².